The first-order chi connectivity index (χ1) is 16.6. The van der Waals surface area contributed by atoms with Crippen LogP contribution in [0.5, 0.6) is 0 Å². The van der Waals surface area contributed by atoms with Crippen LogP contribution < -0.4 is 22.1 Å². The van der Waals surface area contributed by atoms with Crippen molar-refractivity contribution in [2.24, 2.45) is 21.5 Å². The van der Waals surface area contributed by atoms with Gasteiger partial charge in [0.2, 0.25) is 0 Å². The molecule has 0 bridgehead atoms. The van der Waals surface area contributed by atoms with Crippen LogP contribution in [0.3, 0.4) is 0 Å². The largest absolute Gasteiger partial charge is 0.446 e. The average molecular weight is 511 g/mol. The lowest BCUT2D eigenvalue weighted by atomic mass is 10.2. The SMILES string of the molecule is CC(C)N=C(N)c1ccc(NC(=O)c2ccc(C(=O)Nc3ccc(C(N)=NC(C)C)cc3)o2)cc1.Cl. The van der Waals surface area contributed by atoms with E-state index in [0.29, 0.717) is 23.0 Å². The summed E-state index contributed by atoms with van der Waals surface area (Å²) in [6.45, 7) is 7.76. The zero-order valence-corrected chi connectivity index (χ0v) is 21.4. The lowest BCUT2D eigenvalue weighted by Crippen LogP contribution is -2.16. The van der Waals surface area contributed by atoms with E-state index in [4.69, 9.17) is 15.9 Å². The first kappa shape index (κ1) is 28.1. The topological polar surface area (TPSA) is 148 Å². The number of rotatable bonds is 8. The zero-order chi connectivity index (χ0) is 25.5. The molecule has 9 nitrogen and oxygen atoms in total. The first-order valence-electron chi connectivity index (χ1n) is 11.2. The Morgan fingerprint density at radius 1 is 0.667 bits per heavy atom. The fourth-order valence-corrected chi connectivity index (χ4v) is 3.12. The van der Waals surface area contributed by atoms with Gasteiger partial charge in [0.05, 0.1) is 0 Å². The molecule has 3 rings (SSSR count). The molecular weight excluding hydrogens is 480 g/mol. The molecule has 10 heteroatoms. The van der Waals surface area contributed by atoms with Gasteiger partial charge in [0.1, 0.15) is 11.7 Å². The number of halogens is 1. The van der Waals surface area contributed by atoms with Crippen molar-refractivity contribution in [1.29, 1.82) is 0 Å². The van der Waals surface area contributed by atoms with Crippen LogP contribution in [0.25, 0.3) is 0 Å². The van der Waals surface area contributed by atoms with E-state index in [0.717, 1.165) is 11.1 Å². The summed E-state index contributed by atoms with van der Waals surface area (Å²) in [5.41, 5.74) is 14.6. The van der Waals surface area contributed by atoms with Crippen molar-refractivity contribution in [3.8, 4) is 0 Å². The van der Waals surface area contributed by atoms with Crippen molar-refractivity contribution >= 4 is 47.3 Å². The number of hydrogen-bond acceptors (Lipinski definition) is 5. The number of carbonyl (C=O) groups excluding carboxylic acids is 2. The number of carbonyl (C=O) groups is 2. The Balaban J connectivity index is 0.00000456. The third-order valence-corrected chi connectivity index (χ3v) is 4.73. The number of benzene rings is 2. The zero-order valence-electron chi connectivity index (χ0n) is 20.6. The van der Waals surface area contributed by atoms with Crippen molar-refractivity contribution < 1.29 is 14.0 Å². The molecule has 1 heterocycles. The predicted molar refractivity (Wildman–Crippen MR) is 146 cm³/mol. The van der Waals surface area contributed by atoms with Crippen molar-refractivity contribution in [3.05, 3.63) is 83.3 Å². The van der Waals surface area contributed by atoms with Crippen LogP contribution in [0, 0.1) is 0 Å². The number of furan rings is 1. The molecular formula is C26H31ClN6O3. The molecule has 2 amide bonds. The van der Waals surface area contributed by atoms with Crippen LogP contribution in [0.4, 0.5) is 11.4 Å². The second-order valence-corrected chi connectivity index (χ2v) is 8.44. The molecule has 0 aliphatic carbocycles. The Kier molecular flexibility index (Phi) is 9.81. The molecule has 0 aliphatic rings. The van der Waals surface area contributed by atoms with Gasteiger partial charge >= 0.3 is 0 Å². The smallest absolute Gasteiger partial charge is 0.291 e. The number of nitrogens with two attached hydrogens (primary N) is 2. The molecule has 0 spiro atoms. The molecule has 0 aliphatic heterocycles. The van der Waals surface area contributed by atoms with Crippen molar-refractivity contribution in [2.45, 2.75) is 39.8 Å². The van der Waals surface area contributed by atoms with E-state index in [1.54, 1.807) is 48.5 Å². The minimum absolute atomic E-state index is 0. The van der Waals surface area contributed by atoms with Crippen LogP contribution in [-0.2, 0) is 0 Å². The molecule has 0 fully saturated rings. The molecule has 190 valence electrons. The monoisotopic (exact) mass is 510 g/mol. The summed E-state index contributed by atoms with van der Waals surface area (Å²) in [4.78, 5) is 33.7. The number of hydrogen-bond donors (Lipinski definition) is 4. The molecule has 0 unspecified atom stereocenters. The van der Waals surface area contributed by atoms with Gasteiger partial charge in [0, 0.05) is 34.6 Å². The highest BCUT2D eigenvalue weighted by Gasteiger charge is 2.16. The normalized spacial score (nSPS) is 11.8. The van der Waals surface area contributed by atoms with E-state index in [-0.39, 0.29) is 36.0 Å². The van der Waals surface area contributed by atoms with Crippen molar-refractivity contribution in [2.75, 3.05) is 10.6 Å². The Morgan fingerprint density at radius 2 is 1.00 bits per heavy atom. The fraction of sp³-hybridized carbons (Fsp3) is 0.231. The highest BCUT2D eigenvalue weighted by molar-refractivity contribution is 6.06. The number of anilines is 2. The Labute approximate surface area is 216 Å². The van der Waals surface area contributed by atoms with Gasteiger partial charge < -0.3 is 26.5 Å². The summed E-state index contributed by atoms with van der Waals surface area (Å²) in [7, 11) is 0. The molecule has 6 N–H and O–H groups in total. The van der Waals surface area contributed by atoms with E-state index in [1.165, 1.54) is 12.1 Å². The maximum atomic E-state index is 12.5. The summed E-state index contributed by atoms with van der Waals surface area (Å²) < 4.78 is 5.46. The minimum atomic E-state index is -0.482. The number of aliphatic imine (C=N–C) groups is 2. The van der Waals surface area contributed by atoms with Crippen LogP contribution in [0.2, 0.25) is 0 Å². The van der Waals surface area contributed by atoms with Crippen LogP contribution >= 0.6 is 12.4 Å². The molecule has 0 saturated heterocycles. The van der Waals surface area contributed by atoms with Gasteiger partial charge in [-0.2, -0.15) is 0 Å². The van der Waals surface area contributed by atoms with Gasteiger partial charge in [-0.3, -0.25) is 19.6 Å². The van der Waals surface area contributed by atoms with Gasteiger partial charge in [-0.25, -0.2) is 0 Å². The summed E-state index contributed by atoms with van der Waals surface area (Å²) in [6.07, 6.45) is 0. The minimum Gasteiger partial charge on any atom is -0.446 e. The van der Waals surface area contributed by atoms with Crippen molar-refractivity contribution in [1.82, 2.24) is 0 Å². The summed E-state index contributed by atoms with van der Waals surface area (Å²) in [5.74, 6) is -0.0845. The van der Waals surface area contributed by atoms with Crippen molar-refractivity contribution in [3.63, 3.8) is 0 Å². The van der Waals surface area contributed by atoms with E-state index in [2.05, 4.69) is 20.6 Å². The van der Waals surface area contributed by atoms with E-state index in [9.17, 15) is 9.59 Å². The highest BCUT2D eigenvalue weighted by atomic mass is 35.5. The van der Waals surface area contributed by atoms with Gasteiger partial charge in [-0.1, -0.05) is 0 Å². The molecule has 0 saturated carbocycles. The second kappa shape index (κ2) is 12.6. The number of amidine groups is 2. The maximum Gasteiger partial charge on any atom is 0.291 e. The van der Waals surface area contributed by atoms with E-state index in [1.807, 2.05) is 27.7 Å². The average Bonchev–Trinajstić information content (AvgIpc) is 3.30. The molecule has 36 heavy (non-hydrogen) atoms. The van der Waals surface area contributed by atoms with Gasteiger partial charge in [0.25, 0.3) is 11.8 Å². The van der Waals surface area contributed by atoms with Gasteiger partial charge in [-0.15, -0.1) is 12.4 Å². The Bertz CT molecular complexity index is 1150. The summed E-state index contributed by atoms with van der Waals surface area (Å²) in [5, 5.41) is 5.46. The molecule has 2 aromatic carbocycles. The molecule has 0 atom stereocenters. The van der Waals surface area contributed by atoms with Gasteiger partial charge in [-0.05, 0) is 88.4 Å². The first-order valence-corrected chi connectivity index (χ1v) is 11.2. The van der Waals surface area contributed by atoms with Crippen LogP contribution in [-0.4, -0.2) is 35.6 Å². The fourth-order valence-electron chi connectivity index (χ4n) is 3.12. The van der Waals surface area contributed by atoms with E-state index < -0.39 is 11.8 Å². The predicted octanol–water partition coefficient (Wildman–Crippen LogP) is 4.43. The molecule has 3 aromatic rings. The Hall–Kier alpha value is -4.11. The maximum absolute atomic E-state index is 12.5. The highest BCUT2D eigenvalue weighted by Crippen LogP contribution is 2.16. The van der Waals surface area contributed by atoms with E-state index >= 15 is 0 Å². The number of amides is 2. The lowest BCUT2D eigenvalue weighted by Gasteiger charge is -2.07. The molecule has 1 aromatic heterocycles. The number of nitrogens with zero attached hydrogens (tertiary/aromatic N) is 2. The third kappa shape index (κ3) is 7.71. The quantitative estimate of drug-likeness (QED) is 0.261. The summed E-state index contributed by atoms with van der Waals surface area (Å²) >= 11 is 0. The number of nitrogens with one attached hydrogen (secondary N) is 2. The van der Waals surface area contributed by atoms with Gasteiger partial charge in [0.15, 0.2) is 11.5 Å². The molecule has 0 radical (unpaired) electrons. The van der Waals surface area contributed by atoms with Crippen LogP contribution in [0.1, 0.15) is 59.9 Å². The second-order valence-electron chi connectivity index (χ2n) is 8.44. The Morgan fingerprint density at radius 3 is 1.31 bits per heavy atom. The standard InChI is InChI=1S/C26H30N6O3.ClH/c1-15(2)29-23(27)17-5-9-19(10-6-17)31-25(33)21-13-14-22(35-21)26(34)32-20-11-7-18(8-12-20)24(28)30-16(3)4;/h5-16H,1-4H3,(H2,27,29)(H2,28,30)(H,31,33)(H,32,34);1H. The third-order valence-electron chi connectivity index (χ3n) is 4.73. The summed E-state index contributed by atoms with van der Waals surface area (Å²) in [6, 6.07) is 17.0. The lowest BCUT2D eigenvalue weighted by molar-refractivity contribution is 0.0974. The van der Waals surface area contributed by atoms with Crippen LogP contribution in [0.15, 0.2) is 75.1 Å².